The topological polar surface area (TPSA) is 55.1 Å². The minimum absolute atomic E-state index is 0.0861. The molecule has 0 saturated heterocycles. The van der Waals surface area contributed by atoms with Crippen LogP contribution in [0.4, 0.5) is 0 Å². The molecule has 0 aliphatic rings. The molecule has 0 radical (unpaired) electrons. The van der Waals surface area contributed by atoms with Gasteiger partial charge in [0.15, 0.2) is 0 Å². The zero-order valence-electron chi connectivity index (χ0n) is 10.9. The molecule has 19 heavy (non-hydrogen) atoms. The van der Waals surface area contributed by atoms with Crippen LogP contribution in [-0.4, -0.2) is 20.9 Å². The number of hydrogen-bond acceptors (Lipinski definition) is 2. The summed E-state index contributed by atoms with van der Waals surface area (Å²) in [6, 6.07) is 8.07. The first-order valence-corrected chi connectivity index (χ1v) is 6.79. The van der Waals surface area contributed by atoms with E-state index >= 15 is 0 Å². The molecule has 1 N–H and O–H groups in total. The van der Waals surface area contributed by atoms with E-state index in [1.54, 1.807) is 4.68 Å². The Morgan fingerprint density at radius 2 is 2.11 bits per heavy atom. The fourth-order valence-corrected chi connectivity index (χ4v) is 2.82. The second kappa shape index (κ2) is 5.57. The van der Waals surface area contributed by atoms with Gasteiger partial charge in [0.05, 0.1) is 22.3 Å². The third-order valence-electron chi connectivity index (χ3n) is 3.03. The van der Waals surface area contributed by atoms with Crippen molar-refractivity contribution in [2.24, 2.45) is 7.05 Å². The van der Waals surface area contributed by atoms with Crippen LogP contribution < -0.4 is 0 Å². The molecule has 0 saturated carbocycles. The average molecular weight is 323 g/mol. The highest BCUT2D eigenvalue weighted by Crippen LogP contribution is 2.33. The minimum Gasteiger partial charge on any atom is -0.481 e. The van der Waals surface area contributed by atoms with Crippen LogP contribution in [0.1, 0.15) is 17.7 Å². The molecular formula is C14H15BrN2O2. The Balaban J connectivity index is 2.42. The molecule has 0 unspecified atom stereocenters. The summed E-state index contributed by atoms with van der Waals surface area (Å²) in [5, 5.41) is 13.2. The number of aryl methyl sites for hydroxylation is 3. The summed E-state index contributed by atoms with van der Waals surface area (Å²) >= 11 is 3.55. The standard InChI is InChI=1S/C14H15BrN2O2/c1-9-5-3-4-6-10(9)14-13(15)11(16-17(14)2)7-8-12(18)19/h3-6H,7-8H2,1-2H3,(H,18,19). The third-order valence-corrected chi connectivity index (χ3v) is 3.86. The number of carbonyl (C=O) groups is 1. The summed E-state index contributed by atoms with van der Waals surface area (Å²) < 4.78 is 2.68. The summed E-state index contributed by atoms with van der Waals surface area (Å²) in [5.74, 6) is -0.810. The first-order chi connectivity index (χ1) is 9.00. The van der Waals surface area contributed by atoms with Crippen molar-refractivity contribution in [3.63, 3.8) is 0 Å². The molecule has 100 valence electrons. The number of hydrogen-bond donors (Lipinski definition) is 1. The Kier molecular flexibility index (Phi) is 4.04. The van der Waals surface area contributed by atoms with Crippen LogP contribution in [0.25, 0.3) is 11.3 Å². The quantitative estimate of drug-likeness (QED) is 0.940. The lowest BCUT2D eigenvalue weighted by molar-refractivity contribution is -0.136. The van der Waals surface area contributed by atoms with E-state index in [1.807, 2.05) is 38.2 Å². The highest BCUT2D eigenvalue weighted by molar-refractivity contribution is 9.10. The van der Waals surface area contributed by atoms with Gasteiger partial charge in [-0.25, -0.2) is 0 Å². The highest BCUT2D eigenvalue weighted by atomic mass is 79.9. The van der Waals surface area contributed by atoms with Gasteiger partial charge in [-0.3, -0.25) is 9.48 Å². The van der Waals surface area contributed by atoms with Crippen LogP contribution in [0.3, 0.4) is 0 Å². The summed E-state index contributed by atoms with van der Waals surface area (Å²) in [6.07, 6.45) is 0.512. The number of nitrogens with zero attached hydrogens (tertiary/aromatic N) is 2. The van der Waals surface area contributed by atoms with E-state index in [2.05, 4.69) is 21.0 Å². The lowest BCUT2D eigenvalue weighted by Crippen LogP contribution is -1.99. The van der Waals surface area contributed by atoms with Gasteiger partial charge in [-0.15, -0.1) is 0 Å². The summed E-state index contributed by atoms with van der Waals surface area (Å²) in [5.41, 5.74) is 4.03. The molecule has 5 heteroatoms. The lowest BCUT2D eigenvalue weighted by atomic mass is 10.1. The number of halogens is 1. The maximum atomic E-state index is 10.6. The first-order valence-electron chi connectivity index (χ1n) is 6.00. The van der Waals surface area contributed by atoms with E-state index in [-0.39, 0.29) is 6.42 Å². The fraction of sp³-hybridized carbons (Fsp3) is 0.286. The largest absolute Gasteiger partial charge is 0.481 e. The van der Waals surface area contributed by atoms with E-state index in [0.717, 1.165) is 27.0 Å². The summed E-state index contributed by atoms with van der Waals surface area (Å²) in [6.45, 7) is 2.05. The number of aliphatic carboxylic acids is 1. The molecule has 2 aromatic rings. The molecule has 0 bridgehead atoms. The van der Waals surface area contributed by atoms with Gasteiger partial charge < -0.3 is 5.11 Å². The van der Waals surface area contributed by atoms with E-state index in [9.17, 15) is 4.79 Å². The van der Waals surface area contributed by atoms with Crippen LogP contribution in [0.5, 0.6) is 0 Å². The number of carboxylic acids is 1. The monoisotopic (exact) mass is 322 g/mol. The molecule has 0 atom stereocenters. The second-order valence-electron chi connectivity index (χ2n) is 4.44. The fourth-order valence-electron chi connectivity index (χ4n) is 2.07. The number of aromatic nitrogens is 2. The predicted octanol–water partition coefficient (Wildman–Crippen LogP) is 3.18. The van der Waals surface area contributed by atoms with Gasteiger partial charge in [0.2, 0.25) is 0 Å². The molecule has 0 fully saturated rings. The van der Waals surface area contributed by atoms with Gasteiger partial charge >= 0.3 is 5.97 Å². The molecule has 4 nitrogen and oxygen atoms in total. The SMILES string of the molecule is Cc1ccccc1-c1c(Br)c(CCC(=O)O)nn1C. The van der Waals surface area contributed by atoms with Crippen LogP contribution in [0, 0.1) is 6.92 Å². The Morgan fingerprint density at radius 1 is 1.42 bits per heavy atom. The number of benzene rings is 1. The zero-order valence-corrected chi connectivity index (χ0v) is 12.4. The van der Waals surface area contributed by atoms with Crippen molar-refractivity contribution in [3.8, 4) is 11.3 Å². The Hall–Kier alpha value is -1.62. The van der Waals surface area contributed by atoms with Crippen LogP contribution >= 0.6 is 15.9 Å². The van der Waals surface area contributed by atoms with Gasteiger partial charge in [-0.1, -0.05) is 24.3 Å². The van der Waals surface area contributed by atoms with E-state index in [4.69, 9.17) is 5.11 Å². The summed E-state index contributed by atoms with van der Waals surface area (Å²) in [4.78, 5) is 10.6. The maximum Gasteiger partial charge on any atom is 0.303 e. The van der Waals surface area contributed by atoms with Crippen LogP contribution in [-0.2, 0) is 18.3 Å². The van der Waals surface area contributed by atoms with E-state index in [1.165, 1.54) is 0 Å². The third kappa shape index (κ3) is 2.87. The lowest BCUT2D eigenvalue weighted by Gasteiger charge is -2.06. The van der Waals surface area contributed by atoms with Crippen molar-refractivity contribution < 1.29 is 9.90 Å². The van der Waals surface area contributed by atoms with Crippen molar-refractivity contribution in [2.45, 2.75) is 19.8 Å². The Bertz CT molecular complexity index is 620. The normalized spacial score (nSPS) is 10.7. The molecule has 0 amide bonds. The van der Waals surface area contributed by atoms with Crippen molar-refractivity contribution in [3.05, 3.63) is 40.0 Å². The molecule has 0 spiro atoms. The number of carboxylic acid groups (broad SMARTS) is 1. The Morgan fingerprint density at radius 3 is 2.74 bits per heavy atom. The summed E-state index contributed by atoms with van der Waals surface area (Å²) in [7, 11) is 1.87. The zero-order chi connectivity index (χ0) is 14.0. The Labute approximate surface area is 120 Å². The minimum atomic E-state index is -0.810. The van der Waals surface area contributed by atoms with Crippen molar-refractivity contribution in [2.75, 3.05) is 0 Å². The van der Waals surface area contributed by atoms with Crippen LogP contribution in [0.2, 0.25) is 0 Å². The molecule has 0 aliphatic heterocycles. The van der Waals surface area contributed by atoms with Crippen molar-refractivity contribution >= 4 is 21.9 Å². The van der Waals surface area contributed by atoms with E-state index < -0.39 is 5.97 Å². The van der Waals surface area contributed by atoms with Gasteiger partial charge in [0, 0.05) is 19.0 Å². The van der Waals surface area contributed by atoms with Gasteiger partial charge in [-0.2, -0.15) is 5.10 Å². The molecular weight excluding hydrogens is 308 g/mol. The highest BCUT2D eigenvalue weighted by Gasteiger charge is 2.17. The predicted molar refractivity (Wildman–Crippen MR) is 77.0 cm³/mol. The molecule has 1 aromatic carbocycles. The maximum absolute atomic E-state index is 10.6. The molecule has 1 heterocycles. The van der Waals surface area contributed by atoms with Gasteiger partial charge in [0.25, 0.3) is 0 Å². The number of rotatable bonds is 4. The van der Waals surface area contributed by atoms with Crippen molar-refractivity contribution in [1.29, 1.82) is 0 Å². The molecule has 0 aliphatic carbocycles. The smallest absolute Gasteiger partial charge is 0.303 e. The molecule has 2 rings (SSSR count). The van der Waals surface area contributed by atoms with Gasteiger partial charge in [0.1, 0.15) is 0 Å². The first kappa shape index (κ1) is 13.8. The average Bonchev–Trinajstić information content (AvgIpc) is 2.63. The van der Waals surface area contributed by atoms with Gasteiger partial charge in [-0.05, 0) is 28.4 Å². The van der Waals surface area contributed by atoms with E-state index in [0.29, 0.717) is 6.42 Å². The molecule has 1 aromatic heterocycles. The second-order valence-corrected chi connectivity index (χ2v) is 5.23. The van der Waals surface area contributed by atoms with Crippen LogP contribution in [0.15, 0.2) is 28.7 Å². The van der Waals surface area contributed by atoms with Crippen molar-refractivity contribution in [1.82, 2.24) is 9.78 Å².